The number of benzene rings is 1. The van der Waals surface area contributed by atoms with E-state index in [1.54, 1.807) is 12.3 Å². The van der Waals surface area contributed by atoms with Crippen molar-refractivity contribution < 1.29 is 13.9 Å². The Kier molecular flexibility index (Phi) is 3.91. The quantitative estimate of drug-likeness (QED) is 0.645. The van der Waals surface area contributed by atoms with Crippen molar-refractivity contribution >= 4 is 34.7 Å². The second-order valence-electron chi connectivity index (χ2n) is 4.56. The minimum Gasteiger partial charge on any atom is -0.481 e. The van der Waals surface area contributed by atoms with Crippen molar-refractivity contribution in [2.45, 2.75) is 6.54 Å². The fraction of sp³-hybridized carbons (Fsp3) is 0.133. The number of fused-ring (bicyclic) bond motifs is 1. The number of aromatic nitrogens is 1. The SMILES string of the molecule is O=C1COc2cc(F)c(N=C=S)cc2N1Cc1ccccn1. The molecule has 0 spiro atoms. The molecular weight excluding hydrogens is 305 g/mol. The number of anilines is 1. The van der Waals surface area contributed by atoms with Gasteiger partial charge >= 0.3 is 0 Å². The zero-order chi connectivity index (χ0) is 15.5. The average molecular weight is 315 g/mol. The van der Waals surface area contributed by atoms with Gasteiger partial charge in [-0.15, -0.1) is 0 Å². The van der Waals surface area contributed by atoms with Crippen LogP contribution < -0.4 is 9.64 Å². The first-order valence-electron chi connectivity index (χ1n) is 6.43. The van der Waals surface area contributed by atoms with Gasteiger partial charge in [-0.25, -0.2) is 4.39 Å². The summed E-state index contributed by atoms with van der Waals surface area (Å²) in [4.78, 5) is 21.5. The molecule has 1 aromatic carbocycles. The van der Waals surface area contributed by atoms with Crippen LogP contribution in [0.15, 0.2) is 41.5 Å². The Morgan fingerprint density at radius 1 is 1.45 bits per heavy atom. The van der Waals surface area contributed by atoms with E-state index in [9.17, 15) is 9.18 Å². The Morgan fingerprint density at radius 2 is 2.32 bits per heavy atom. The number of nitrogens with zero attached hydrogens (tertiary/aromatic N) is 3. The maximum Gasteiger partial charge on any atom is 0.265 e. The molecule has 0 saturated heterocycles. The lowest BCUT2D eigenvalue weighted by Crippen LogP contribution is -2.38. The third-order valence-corrected chi connectivity index (χ3v) is 3.28. The summed E-state index contributed by atoms with van der Waals surface area (Å²) in [7, 11) is 0. The molecule has 0 aliphatic carbocycles. The molecule has 2 aromatic rings. The van der Waals surface area contributed by atoms with Gasteiger partial charge in [0.05, 0.1) is 23.1 Å². The number of carbonyl (C=O) groups is 1. The van der Waals surface area contributed by atoms with E-state index >= 15 is 0 Å². The summed E-state index contributed by atoms with van der Waals surface area (Å²) >= 11 is 4.50. The maximum absolute atomic E-state index is 13.8. The topological polar surface area (TPSA) is 54.8 Å². The van der Waals surface area contributed by atoms with Gasteiger partial charge in [-0.1, -0.05) is 6.07 Å². The number of halogens is 1. The van der Waals surface area contributed by atoms with Crippen molar-refractivity contribution in [3.63, 3.8) is 0 Å². The highest BCUT2D eigenvalue weighted by molar-refractivity contribution is 7.78. The van der Waals surface area contributed by atoms with Gasteiger partial charge in [0.25, 0.3) is 5.91 Å². The molecular formula is C15H10FN3O2S. The van der Waals surface area contributed by atoms with Crippen molar-refractivity contribution in [2.75, 3.05) is 11.5 Å². The Bertz CT molecular complexity index is 776. The van der Waals surface area contributed by atoms with E-state index in [-0.39, 0.29) is 30.5 Å². The summed E-state index contributed by atoms with van der Waals surface area (Å²) in [6, 6.07) is 8.05. The first-order valence-corrected chi connectivity index (χ1v) is 6.84. The predicted molar refractivity (Wildman–Crippen MR) is 82.0 cm³/mol. The van der Waals surface area contributed by atoms with Crippen LogP contribution in [0.4, 0.5) is 15.8 Å². The van der Waals surface area contributed by atoms with E-state index in [0.29, 0.717) is 11.4 Å². The molecule has 0 unspecified atom stereocenters. The zero-order valence-corrected chi connectivity index (χ0v) is 12.1. The van der Waals surface area contributed by atoms with Gasteiger partial charge < -0.3 is 4.74 Å². The van der Waals surface area contributed by atoms with Gasteiger partial charge in [0.15, 0.2) is 12.4 Å². The third kappa shape index (κ3) is 2.72. The van der Waals surface area contributed by atoms with Crippen LogP contribution in [-0.2, 0) is 11.3 Å². The number of pyridine rings is 1. The molecule has 7 heteroatoms. The molecule has 0 atom stereocenters. The number of carbonyl (C=O) groups excluding carboxylic acids is 1. The lowest BCUT2D eigenvalue weighted by atomic mass is 10.2. The van der Waals surface area contributed by atoms with Gasteiger partial charge in [0.1, 0.15) is 11.4 Å². The van der Waals surface area contributed by atoms with Crippen molar-refractivity contribution in [1.29, 1.82) is 0 Å². The van der Waals surface area contributed by atoms with Gasteiger partial charge in [0, 0.05) is 12.3 Å². The van der Waals surface area contributed by atoms with Crippen molar-refractivity contribution in [2.24, 2.45) is 4.99 Å². The van der Waals surface area contributed by atoms with Gasteiger partial charge in [-0.3, -0.25) is 14.7 Å². The monoisotopic (exact) mass is 315 g/mol. The Labute approximate surface area is 131 Å². The Hall–Kier alpha value is -2.63. The molecule has 0 N–H and O–H groups in total. The molecule has 0 fully saturated rings. The molecule has 1 amide bonds. The second-order valence-corrected chi connectivity index (χ2v) is 4.75. The zero-order valence-electron chi connectivity index (χ0n) is 11.3. The highest BCUT2D eigenvalue weighted by atomic mass is 32.1. The van der Waals surface area contributed by atoms with Crippen LogP contribution >= 0.6 is 12.2 Å². The summed E-state index contributed by atoms with van der Waals surface area (Å²) < 4.78 is 19.1. The van der Waals surface area contributed by atoms with E-state index < -0.39 is 5.82 Å². The molecule has 3 rings (SSSR count). The minimum absolute atomic E-state index is 0.0121. The molecule has 0 radical (unpaired) electrons. The normalized spacial score (nSPS) is 13.1. The van der Waals surface area contributed by atoms with Crippen LogP contribution in [0.3, 0.4) is 0 Å². The second kappa shape index (κ2) is 6.01. The summed E-state index contributed by atoms with van der Waals surface area (Å²) in [5.41, 5.74) is 1.17. The molecule has 0 bridgehead atoms. The van der Waals surface area contributed by atoms with E-state index in [4.69, 9.17) is 4.74 Å². The van der Waals surface area contributed by atoms with Crippen LogP contribution in [-0.4, -0.2) is 22.7 Å². The molecule has 2 heterocycles. The van der Waals surface area contributed by atoms with Crippen LogP contribution in [0.2, 0.25) is 0 Å². The van der Waals surface area contributed by atoms with Gasteiger partial charge in [-0.2, -0.15) is 4.99 Å². The smallest absolute Gasteiger partial charge is 0.265 e. The standard InChI is InChI=1S/C15H10FN3O2S/c16-11-5-14-13(6-12(11)18-9-22)19(15(20)8-21-14)7-10-3-1-2-4-17-10/h1-6H,7-8H2. The summed E-state index contributed by atoms with van der Waals surface area (Å²) in [5.74, 6) is -0.526. The Balaban J connectivity index is 2.03. The van der Waals surface area contributed by atoms with Crippen LogP contribution in [0, 0.1) is 5.82 Å². The predicted octanol–water partition coefficient (Wildman–Crippen LogP) is 2.88. The average Bonchev–Trinajstić information content (AvgIpc) is 2.53. The minimum atomic E-state index is -0.580. The molecule has 22 heavy (non-hydrogen) atoms. The first kappa shape index (κ1) is 14.3. The fourth-order valence-electron chi connectivity index (χ4n) is 2.17. The van der Waals surface area contributed by atoms with Crippen LogP contribution in [0.25, 0.3) is 0 Å². The Morgan fingerprint density at radius 3 is 3.05 bits per heavy atom. The number of ether oxygens (including phenoxy) is 1. The van der Waals surface area contributed by atoms with Crippen molar-refractivity contribution in [1.82, 2.24) is 4.98 Å². The number of hydrogen-bond acceptors (Lipinski definition) is 5. The highest BCUT2D eigenvalue weighted by Crippen LogP contribution is 2.37. The van der Waals surface area contributed by atoms with Gasteiger partial charge in [-0.05, 0) is 30.4 Å². The number of isothiocyanates is 1. The maximum atomic E-state index is 13.8. The van der Waals surface area contributed by atoms with E-state index in [1.165, 1.54) is 17.0 Å². The van der Waals surface area contributed by atoms with Crippen LogP contribution in [0.1, 0.15) is 5.69 Å². The van der Waals surface area contributed by atoms with Gasteiger partial charge in [0.2, 0.25) is 0 Å². The van der Waals surface area contributed by atoms with E-state index in [0.717, 1.165) is 0 Å². The van der Waals surface area contributed by atoms with E-state index in [2.05, 4.69) is 27.4 Å². The molecule has 5 nitrogen and oxygen atoms in total. The van der Waals surface area contributed by atoms with Crippen molar-refractivity contribution in [3.8, 4) is 5.75 Å². The number of hydrogen-bond donors (Lipinski definition) is 0. The summed E-state index contributed by atoms with van der Waals surface area (Å²) in [6.45, 7) is 0.122. The van der Waals surface area contributed by atoms with Crippen LogP contribution in [0.5, 0.6) is 5.75 Å². The lowest BCUT2D eigenvalue weighted by molar-refractivity contribution is -0.121. The molecule has 1 aliphatic heterocycles. The molecule has 1 aromatic heterocycles. The summed E-state index contributed by atoms with van der Waals surface area (Å²) in [5, 5.41) is 2.12. The summed E-state index contributed by atoms with van der Waals surface area (Å²) in [6.07, 6.45) is 1.65. The van der Waals surface area contributed by atoms with Crippen molar-refractivity contribution in [3.05, 3.63) is 48.0 Å². The highest BCUT2D eigenvalue weighted by Gasteiger charge is 2.27. The van der Waals surface area contributed by atoms with E-state index in [1.807, 2.05) is 12.1 Å². The largest absolute Gasteiger partial charge is 0.481 e. The first-order chi connectivity index (χ1) is 10.7. The third-order valence-electron chi connectivity index (χ3n) is 3.18. The molecule has 0 saturated carbocycles. The molecule has 1 aliphatic rings. The lowest BCUT2D eigenvalue weighted by Gasteiger charge is -2.29. The number of thiocarbonyl (C=S) groups is 1. The number of rotatable bonds is 3. The fourth-order valence-corrected chi connectivity index (χ4v) is 2.27. The number of amides is 1. The number of aliphatic imine (C=N–C) groups is 1. The molecule has 110 valence electrons.